The molecule has 0 radical (unpaired) electrons. The van der Waals surface area contributed by atoms with Crippen LogP contribution >= 0.6 is 0 Å². The highest BCUT2D eigenvalue weighted by atomic mass is 16.5. The van der Waals surface area contributed by atoms with Gasteiger partial charge in [0.2, 0.25) is 0 Å². The van der Waals surface area contributed by atoms with Gasteiger partial charge in [0.1, 0.15) is 0 Å². The topological polar surface area (TPSA) is 30.5 Å². The molecule has 1 saturated heterocycles. The van der Waals surface area contributed by atoms with Crippen molar-refractivity contribution in [2.24, 2.45) is 5.92 Å². The SMILES string of the molecule is CC(CNC1CC1)OCC1CCOCC1. The molecule has 2 fully saturated rings. The van der Waals surface area contributed by atoms with Gasteiger partial charge in [-0.05, 0) is 38.5 Å². The van der Waals surface area contributed by atoms with E-state index in [4.69, 9.17) is 9.47 Å². The first-order valence-corrected chi connectivity index (χ1v) is 6.27. The van der Waals surface area contributed by atoms with E-state index < -0.39 is 0 Å². The van der Waals surface area contributed by atoms with Crippen molar-refractivity contribution in [2.75, 3.05) is 26.4 Å². The quantitative estimate of drug-likeness (QED) is 0.726. The minimum absolute atomic E-state index is 0.355. The smallest absolute Gasteiger partial charge is 0.0671 e. The molecule has 1 atom stereocenters. The third-order valence-electron chi connectivity index (χ3n) is 3.23. The fourth-order valence-corrected chi connectivity index (χ4v) is 1.89. The van der Waals surface area contributed by atoms with E-state index >= 15 is 0 Å². The van der Waals surface area contributed by atoms with Gasteiger partial charge < -0.3 is 14.8 Å². The van der Waals surface area contributed by atoms with Crippen molar-refractivity contribution >= 4 is 0 Å². The largest absolute Gasteiger partial charge is 0.381 e. The maximum Gasteiger partial charge on any atom is 0.0671 e. The molecule has 0 spiro atoms. The molecule has 0 amide bonds. The van der Waals surface area contributed by atoms with Crippen molar-refractivity contribution in [3.8, 4) is 0 Å². The molecule has 0 bridgehead atoms. The lowest BCUT2D eigenvalue weighted by atomic mass is 10.0. The second-order valence-corrected chi connectivity index (χ2v) is 4.88. The zero-order valence-corrected chi connectivity index (χ0v) is 9.71. The lowest BCUT2D eigenvalue weighted by Gasteiger charge is -2.23. The molecular formula is C12H23NO2. The van der Waals surface area contributed by atoms with Gasteiger partial charge in [0, 0.05) is 32.4 Å². The minimum Gasteiger partial charge on any atom is -0.381 e. The van der Waals surface area contributed by atoms with Crippen molar-refractivity contribution in [3.05, 3.63) is 0 Å². The lowest BCUT2D eigenvalue weighted by Crippen LogP contribution is -2.30. The third-order valence-corrected chi connectivity index (χ3v) is 3.23. The second kappa shape index (κ2) is 5.83. The van der Waals surface area contributed by atoms with Gasteiger partial charge in [-0.3, -0.25) is 0 Å². The molecule has 1 aliphatic carbocycles. The van der Waals surface area contributed by atoms with E-state index in [-0.39, 0.29) is 0 Å². The first-order valence-electron chi connectivity index (χ1n) is 6.27. The summed E-state index contributed by atoms with van der Waals surface area (Å²) in [5.74, 6) is 0.724. The highest BCUT2D eigenvalue weighted by Crippen LogP contribution is 2.19. The van der Waals surface area contributed by atoms with E-state index in [1.54, 1.807) is 0 Å². The van der Waals surface area contributed by atoms with Gasteiger partial charge in [-0.1, -0.05) is 0 Å². The molecule has 0 aromatic carbocycles. The Hall–Kier alpha value is -0.120. The van der Waals surface area contributed by atoms with E-state index in [1.807, 2.05) is 0 Å². The summed E-state index contributed by atoms with van der Waals surface area (Å²) in [6.45, 7) is 5.92. The Balaban J connectivity index is 1.50. The molecule has 88 valence electrons. The fourth-order valence-electron chi connectivity index (χ4n) is 1.89. The summed E-state index contributed by atoms with van der Waals surface area (Å²) in [6, 6.07) is 0.791. The van der Waals surface area contributed by atoms with Gasteiger partial charge in [-0.15, -0.1) is 0 Å². The van der Waals surface area contributed by atoms with Crippen LogP contribution in [0.2, 0.25) is 0 Å². The molecule has 1 N–H and O–H groups in total. The molecule has 1 heterocycles. The zero-order valence-electron chi connectivity index (χ0n) is 9.71. The van der Waals surface area contributed by atoms with Crippen LogP contribution in [-0.4, -0.2) is 38.5 Å². The summed E-state index contributed by atoms with van der Waals surface area (Å²) >= 11 is 0. The summed E-state index contributed by atoms with van der Waals surface area (Å²) in [6.07, 6.45) is 5.40. The van der Waals surface area contributed by atoms with Gasteiger partial charge >= 0.3 is 0 Å². The highest BCUT2D eigenvalue weighted by Gasteiger charge is 2.21. The third kappa shape index (κ3) is 4.49. The standard InChI is InChI=1S/C12H23NO2/c1-10(8-13-12-2-3-12)15-9-11-4-6-14-7-5-11/h10-13H,2-9H2,1H3. The lowest BCUT2D eigenvalue weighted by molar-refractivity contribution is -0.00440. The van der Waals surface area contributed by atoms with E-state index in [0.29, 0.717) is 6.10 Å². The van der Waals surface area contributed by atoms with E-state index in [9.17, 15) is 0 Å². The van der Waals surface area contributed by atoms with Crippen LogP contribution < -0.4 is 5.32 Å². The number of rotatable bonds is 6. The molecule has 3 nitrogen and oxygen atoms in total. The molecule has 2 aliphatic rings. The first kappa shape index (κ1) is 11.4. The Morgan fingerprint density at radius 1 is 1.27 bits per heavy atom. The molecule has 1 saturated carbocycles. The van der Waals surface area contributed by atoms with Crippen LogP contribution in [0.3, 0.4) is 0 Å². The average Bonchev–Trinajstić information content (AvgIpc) is 3.09. The Morgan fingerprint density at radius 3 is 2.67 bits per heavy atom. The number of ether oxygens (including phenoxy) is 2. The predicted molar refractivity (Wildman–Crippen MR) is 60.0 cm³/mol. The maximum absolute atomic E-state index is 5.84. The Morgan fingerprint density at radius 2 is 2.00 bits per heavy atom. The van der Waals surface area contributed by atoms with E-state index in [2.05, 4.69) is 12.2 Å². The van der Waals surface area contributed by atoms with Gasteiger partial charge in [0.05, 0.1) is 6.10 Å². The van der Waals surface area contributed by atoms with Gasteiger partial charge in [0.25, 0.3) is 0 Å². The molecule has 0 aromatic heterocycles. The number of hydrogen-bond acceptors (Lipinski definition) is 3. The molecule has 0 aromatic rings. The highest BCUT2D eigenvalue weighted by molar-refractivity contribution is 4.81. The van der Waals surface area contributed by atoms with Crippen molar-refractivity contribution in [1.29, 1.82) is 0 Å². The molecule has 15 heavy (non-hydrogen) atoms. The minimum atomic E-state index is 0.355. The fraction of sp³-hybridized carbons (Fsp3) is 1.00. The Labute approximate surface area is 92.5 Å². The average molecular weight is 213 g/mol. The normalized spacial score (nSPS) is 25.4. The summed E-state index contributed by atoms with van der Waals surface area (Å²) in [5.41, 5.74) is 0. The maximum atomic E-state index is 5.84. The van der Waals surface area contributed by atoms with E-state index in [0.717, 1.165) is 38.3 Å². The van der Waals surface area contributed by atoms with Crippen molar-refractivity contribution in [2.45, 2.75) is 44.8 Å². The second-order valence-electron chi connectivity index (χ2n) is 4.88. The van der Waals surface area contributed by atoms with Crippen molar-refractivity contribution < 1.29 is 9.47 Å². The monoisotopic (exact) mass is 213 g/mol. The Bertz CT molecular complexity index is 176. The van der Waals surface area contributed by atoms with Crippen LogP contribution in [0, 0.1) is 5.92 Å². The molecule has 1 aliphatic heterocycles. The predicted octanol–water partition coefficient (Wildman–Crippen LogP) is 1.57. The number of nitrogens with one attached hydrogen (secondary N) is 1. The van der Waals surface area contributed by atoms with Crippen LogP contribution in [0.5, 0.6) is 0 Å². The van der Waals surface area contributed by atoms with Gasteiger partial charge in [-0.2, -0.15) is 0 Å². The summed E-state index contributed by atoms with van der Waals surface area (Å²) < 4.78 is 11.2. The zero-order chi connectivity index (χ0) is 10.5. The Kier molecular flexibility index (Phi) is 4.42. The molecule has 2 rings (SSSR count). The molecule has 3 heteroatoms. The van der Waals surface area contributed by atoms with Crippen molar-refractivity contribution in [3.63, 3.8) is 0 Å². The number of hydrogen-bond donors (Lipinski definition) is 1. The summed E-state index contributed by atoms with van der Waals surface area (Å²) in [4.78, 5) is 0. The van der Waals surface area contributed by atoms with Crippen LogP contribution in [0.1, 0.15) is 32.6 Å². The van der Waals surface area contributed by atoms with Gasteiger partial charge in [0.15, 0.2) is 0 Å². The van der Waals surface area contributed by atoms with Crippen LogP contribution in [0.15, 0.2) is 0 Å². The van der Waals surface area contributed by atoms with E-state index in [1.165, 1.54) is 25.7 Å². The van der Waals surface area contributed by atoms with Gasteiger partial charge in [-0.25, -0.2) is 0 Å². The first-order chi connectivity index (χ1) is 7.34. The summed E-state index contributed by atoms with van der Waals surface area (Å²) in [7, 11) is 0. The van der Waals surface area contributed by atoms with Crippen LogP contribution in [0.25, 0.3) is 0 Å². The van der Waals surface area contributed by atoms with Crippen LogP contribution in [0.4, 0.5) is 0 Å². The van der Waals surface area contributed by atoms with Crippen LogP contribution in [-0.2, 0) is 9.47 Å². The molecule has 1 unspecified atom stereocenters. The molecular weight excluding hydrogens is 190 g/mol. The van der Waals surface area contributed by atoms with Crippen molar-refractivity contribution in [1.82, 2.24) is 5.32 Å². The summed E-state index contributed by atoms with van der Waals surface area (Å²) in [5, 5.41) is 3.49.